The van der Waals surface area contributed by atoms with Crippen LogP contribution in [0.1, 0.15) is 17.7 Å². The molecule has 3 aromatic rings. The van der Waals surface area contributed by atoms with Crippen molar-refractivity contribution in [3.8, 4) is 11.8 Å². The molecule has 10 heteroatoms. The van der Waals surface area contributed by atoms with Gasteiger partial charge in [0.2, 0.25) is 0 Å². The molecular weight excluding hydrogens is 404 g/mol. The number of alkyl halides is 3. The van der Waals surface area contributed by atoms with Crippen molar-refractivity contribution >= 4 is 10.8 Å². The standard InChI is InChI=1S/C20H14F4N4O2/c21-14-3-1-2-12-9-26-10-16(17(12)14)28-18(29)13-6-11(8-20(22,23)24)7-15(13)27(5-4-25)19(28)30/h1-3,9-11H,5-8H2. The number of fused-ring (bicyclic) bond motifs is 2. The van der Waals surface area contributed by atoms with E-state index in [4.69, 9.17) is 5.26 Å². The monoisotopic (exact) mass is 418 g/mol. The third-order valence-corrected chi connectivity index (χ3v) is 5.23. The van der Waals surface area contributed by atoms with E-state index in [1.807, 2.05) is 0 Å². The van der Waals surface area contributed by atoms with E-state index >= 15 is 0 Å². The zero-order chi connectivity index (χ0) is 21.6. The van der Waals surface area contributed by atoms with Crippen LogP contribution in [0.25, 0.3) is 16.5 Å². The van der Waals surface area contributed by atoms with Crippen molar-refractivity contribution in [2.75, 3.05) is 0 Å². The second-order valence-corrected chi connectivity index (χ2v) is 7.18. The summed E-state index contributed by atoms with van der Waals surface area (Å²) in [7, 11) is 0. The normalized spacial score (nSPS) is 15.9. The Morgan fingerprint density at radius 3 is 2.67 bits per heavy atom. The van der Waals surface area contributed by atoms with Crippen molar-refractivity contribution in [1.29, 1.82) is 5.26 Å². The molecule has 0 aliphatic heterocycles. The molecule has 0 spiro atoms. The summed E-state index contributed by atoms with van der Waals surface area (Å²) in [5, 5.41) is 9.46. The highest BCUT2D eigenvalue weighted by molar-refractivity contribution is 5.89. The number of pyridine rings is 1. The van der Waals surface area contributed by atoms with E-state index < -0.39 is 42.1 Å². The van der Waals surface area contributed by atoms with Crippen LogP contribution in [0.3, 0.4) is 0 Å². The lowest BCUT2D eigenvalue weighted by molar-refractivity contribution is -0.143. The highest BCUT2D eigenvalue weighted by Gasteiger charge is 2.38. The summed E-state index contributed by atoms with van der Waals surface area (Å²) in [6, 6.07) is 5.97. The van der Waals surface area contributed by atoms with E-state index in [9.17, 15) is 27.2 Å². The summed E-state index contributed by atoms with van der Waals surface area (Å²) in [4.78, 5) is 30.2. The van der Waals surface area contributed by atoms with E-state index in [1.54, 1.807) is 12.1 Å². The molecule has 30 heavy (non-hydrogen) atoms. The minimum absolute atomic E-state index is 0.0139. The van der Waals surface area contributed by atoms with Gasteiger partial charge in [-0.15, -0.1) is 0 Å². The van der Waals surface area contributed by atoms with Crippen molar-refractivity contribution in [2.24, 2.45) is 5.92 Å². The number of rotatable bonds is 3. The largest absolute Gasteiger partial charge is 0.389 e. The molecule has 1 aromatic carbocycles. The first kappa shape index (κ1) is 19.8. The highest BCUT2D eigenvalue weighted by Crippen LogP contribution is 2.33. The molecule has 0 N–H and O–H groups in total. The van der Waals surface area contributed by atoms with Gasteiger partial charge in [0.05, 0.1) is 18.0 Å². The lowest BCUT2D eigenvalue weighted by Crippen LogP contribution is -2.41. The quantitative estimate of drug-likeness (QED) is 0.613. The highest BCUT2D eigenvalue weighted by atomic mass is 19.4. The van der Waals surface area contributed by atoms with Crippen LogP contribution in [0.2, 0.25) is 0 Å². The maximum atomic E-state index is 14.5. The Labute approximate surface area is 166 Å². The summed E-state index contributed by atoms with van der Waals surface area (Å²) >= 11 is 0. The predicted octanol–water partition coefficient (Wildman–Crippen LogP) is 2.88. The number of benzene rings is 1. The van der Waals surface area contributed by atoms with Gasteiger partial charge in [0, 0.05) is 34.6 Å². The van der Waals surface area contributed by atoms with Crippen LogP contribution in [0.4, 0.5) is 17.6 Å². The maximum Gasteiger partial charge on any atom is 0.389 e. The Hall–Kier alpha value is -3.48. The van der Waals surface area contributed by atoms with Gasteiger partial charge in [-0.05, 0) is 24.8 Å². The zero-order valence-electron chi connectivity index (χ0n) is 15.4. The smallest absolute Gasteiger partial charge is 0.283 e. The number of nitriles is 1. The summed E-state index contributed by atoms with van der Waals surface area (Å²) < 4.78 is 54.8. The van der Waals surface area contributed by atoms with Crippen LogP contribution in [-0.4, -0.2) is 20.3 Å². The van der Waals surface area contributed by atoms with Gasteiger partial charge in [-0.1, -0.05) is 12.1 Å². The van der Waals surface area contributed by atoms with Gasteiger partial charge in [-0.3, -0.25) is 14.3 Å². The van der Waals surface area contributed by atoms with Crippen LogP contribution in [0.5, 0.6) is 0 Å². The SMILES string of the molecule is N#CCn1c2c(c(=O)n(-c3cncc4cccc(F)c34)c1=O)CC(CC(F)(F)F)C2. The van der Waals surface area contributed by atoms with E-state index in [1.165, 1.54) is 12.3 Å². The van der Waals surface area contributed by atoms with E-state index in [2.05, 4.69) is 4.98 Å². The molecule has 6 nitrogen and oxygen atoms in total. The van der Waals surface area contributed by atoms with Crippen LogP contribution in [-0.2, 0) is 19.4 Å². The molecular formula is C20H14F4N4O2. The topological polar surface area (TPSA) is 80.7 Å². The molecule has 1 unspecified atom stereocenters. The minimum atomic E-state index is -4.42. The molecule has 1 atom stereocenters. The Morgan fingerprint density at radius 2 is 1.97 bits per heavy atom. The lowest BCUT2D eigenvalue weighted by Gasteiger charge is -2.15. The summed E-state index contributed by atoms with van der Waals surface area (Å²) in [6.45, 7) is -0.444. The Kier molecular flexibility index (Phi) is 4.68. The Balaban J connectivity index is 1.99. The maximum absolute atomic E-state index is 14.5. The van der Waals surface area contributed by atoms with Crippen molar-refractivity contribution < 1.29 is 17.6 Å². The second-order valence-electron chi connectivity index (χ2n) is 7.18. The zero-order valence-corrected chi connectivity index (χ0v) is 15.4. The van der Waals surface area contributed by atoms with Crippen molar-refractivity contribution in [3.05, 3.63) is 68.5 Å². The number of nitrogens with zero attached hydrogens (tertiary/aromatic N) is 4. The van der Waals surface area contributed by atoms with Gasteiger partial charge >= 0.3 is 11.9 Å². The van der Waals surface area contributed by atoms with Crippen molar-refractivity contribution in [3.63, 3.8) is 0 Å². The molecule has 0 radical (unpaired) electrons. The summed E-state index contributed by atoms with van der Waals surface area (Å²) in [6.07, 6.45) is -3.32. The number of hydrogen-bond acceptors (Lipinski definition) is 4. The third-order valence-electron chi connectivity index (χ3n) is 5.23. The predicted molar refractivity (Wildman–Crippen MR) is 98.7 cm³/mol. The molecule has 0 amide bonds. The molecule has 1 aliphatic carbocycles. The number of aromatic nitrogens is 3. The van der Waals surface area contributed by atoms with Gasteiger partial charge < -0.3 is 0 Å². The fourth-order valence-corrected chi connectivity index (χ4v) is 4.08. The molecule has 0 bridgehead atoms. The average Bonchev–Trinajstić information content (AvgIpc) is 3.07. The minimum Gasteiger partial charge on any atom is -0.283 e. The number of hydrogen-bond donors (Lipinski definition) is 0. The van der Waals surface area contributed by atoms with Gasteiger partial charge in [-0.2, -0.15) is 18.4 Å². The summed E-state index contributed by atoms with van der Waals surface area (Å²) in [5.41, 5.74) is -1.68. The molecule has 0 saturated heterocycles. The first-order valence-electron chi connectivity index (χ1n) is 9.05. The third kappa shape index (κ3) is 3.26. The average molecular weight is 418 g/mol. The molecule has 0 saturated carbocycles. The van der Waals surface area contributed by atoms with E-state index in [0.717, 1.165) is 16.8 Å². The van der Waals surface area contributed by atoms with Crippen molar-refractivity contribution in [2.45, 2.75) is 32.0 Å². The number of halogens is 4. The molecule has 2 aromatic heterocycles. The van der Waals surface area contributed by atoms with E-state index in [-0.39, 0.29) is 35.2 Å². The Morgan fingerprint density at radius 1 is 1.20 bits per heavy atom. The fraction of sp³-hybridized carbons (Fsp3) is 0.300. The van der Waals surface area contributed by atoms with E-state index in [0.29, 0.717) is 9.95 Å². The van der Waals surface area contributed by atoms with Gasteiger partial charge in [0.15, 0.2) is 0 Å². The van der Waals surface area contributed by atoms with Gasteiger partial charge in [-0.25, -0.2) is 13.8 Å². The van der Waals surface area contributed by atoms with Gasteiger partial charge in [0.25, 0.3) is 5.56 Å². The van der Waals surface area contributed by atoms with Crippen LogP contribution < -0.4 is 11.2 Å². The second kappa shape index (κ2) is 7.09. The molecule has 154 valence electrons. The molecule has 2 heterocycles. The Bertz CT molecular complexity index is 1310. The van der Waals surface area contributed by atoms with Gasteiger partial charge in [0.1, 0.15) is 12.4 Å². The first-order chi connectivity index (χ1) is 14.2. The lowest BCUT2D eigenvalue weighted by atomic mass is 10.0. The van der Waals surface area contributed by atoms with Crippen LogP contribution in [0.15, 0.2) is 40.2 Å². The first-order valence-corrected chi connectivity index (χ1v) is 9.05. The van der Waals surface area contributed by atoms with Crippen molar-refractivity contribution in [1.82, 2.24) is 14.1 Å². The van der Waals surface area contributed by atoms with Crippen LogP contribution in [0, 0.1) is 23.1 Å². The molecule has 1 aliphatic rings. The summed E-state index contributed by atoms with van der Waals surface area (Å²) in [5.74, 6) is -1.59. The fourth-order valence-electron chi connectivity index (χ4n) is 4.08. The molecule has 4 rings (SSSR count). The molecule has 0 fully saturated rings. The van der Waals surface area contributed by atoms with Crippen LogP contribution >= 0.6 is 0 Å².